The van der Waals surface area contributed by atoms with Gasteiger partial charge in [-0.2, -0.15) is 5.26 Å². The molecule has 3 heteroatoms. The highest BCUT2D eigenvalue weighted by atomic mass is 15.2. The third-order valence-corrected chi connectivity index (χ3v) is 3.26. The predicted molar refractivity (Wildman–Crippen MR) is 71.8 cm³/mol. The van der Waals surface area contributed by atoms with E-state index in [4.69, 9.17) is 5.26 Å². The van der Waals surface area contributed by atoms with Crippen molar-refractivity contribution in [3.63, 3.8) is 0 Å². The van der Waals surface area contributed by atoms with Gasteiger partial charge in [-0.25, -0.2) is 0 Å². The van der Waals surface area contributed by atoms with Crippen LogP contribution in [0, 0.1) is 11.3 Å². The Morgan fingerprint density at radius 3 is 2.53 bits per heavy atom. The Balaban J connectivity index is 2.26. The first-order valence-electron chi connectivity index (χ1n) is 7.07. The third kappa shape index (κ3) is 6.05. The molecular formula is C14H27N3. The second-order valence-corrected chi connectivity index (χ2v) is 5.41. The minimum atomic E-state index is 0.0119. The molecule has 98 valence electrons. The fourth-order valence-electron chi connectivity index (χ4n) is 2.16. The predicted octanol–water partition coefficient (Wildman–Crippen LogP) is 2.53. The molecule has 1 aliphatic rings. The highest BCUT2D eigenvalue weighted by molar-refractivity contribution is 4.92. The molecule has 1 unspecified atom stereocenters. The first kappa shape index (κ1) is 14.5. The molecule has 1 N–H and O–H groups in total. The summed E-state index contributed by atoms with van der Waals surface area (Å²) in [7, 11) is 0. The number of unbranched alkanes of at least 4 members (excludes halogenated alkanes) is 1. The van der Waals surface area contributed by atoms with E-state index in [9.17, 15) is 0 Å². The lowest BCUT2D eigenvalue weighted by Crippen LogP contribution is -2.38. The zero-order valence-corrected chi connectivity index (χ0v) is 11.6. The van der Waals surface area contributed by atoms with Crippen molar-refractivity contribution in [1.82, 2.24) is 10.2 Å². The normalized spacial score (nSPS) is 17.4. The van der Waals surface area contributed by atoms with Crippen LogP contribution in [0.25, 0.3) is 0 Å². The van der Waals surface area contributed by atoms with Crippen LogP contribution in [0.5, 0.6) is 0 Å². The standard InChI is InChI=1S/C14H27N3/c1-4-5-9-17(14-6-7-14)10-8-13(11-15)16-12(2)3/h12-14,16H,4-10H2,1-3H3. The first-order valence-corrected chi connectivity index (χ1v) is 7.07. The molecule has 0 aromatic heterocycles. The molecule has 1 aliphatic carbocycles. The van der Waals surface area contributed by atoms with Gasteiger partial charge in [-0.15, -0.1) is 0 Å². The van der Waals surface area contributed by atoms with E-state index in [1.807, 2.05) is 0 Å². The number of rotatable bonds is 9. The maximum atomic E-state index is 9.09. The van der Waals surface area contributed by atoms with Crippen molar-refractivity contribution in [2.24, 2.45) is 0 Å². The smallest absolute Gasteiger partial charge is 0.0967 e. The van der Waals surface area contributed by atoms with Crippen molar-refractivity contribution in [2.45, 2.75) is 71.0 Å². The van der Waals surface area contributed by atoms with Gasteiger partial charge in [0.15, 0.2) is 0 Å². The van der Waals surface area contributed by atoms with E-state index in [0.717, 1.165) is 19.0 Å². The average molecular weight is 237 g/mol. The topological polar surface area (TPSA) is 39.1 Å². The largest absolute Gasteiger partial charge is 0.300 e. The summed E-state index contributed by atoms with van der Waals surface area (Å²) in [5, 5.41) is 12.4. The van der Waals surface area contributed by atoms with Crippen LogP contribution in [0.2, 0.25) is 0 Å². The number of hydrogen-bond donors (Lipinski definition) is 1. The minimum absolute atomic E-state index is 0.0119. The molecule has 3 nitrogen and oxygen atoms in total. The Labute approximate surface area is 106 Å². The number of nitrogens with one attached hydrogen (secondary N) is 1. The van der Waals surface area contributed by atoms with Gasteiger partial charge < -0.3 is 4.90 Å². The van der Waals surface area contributed by atoms with Gasteiger partial charge in [0.2, 0.25) is 0 Å². The molecule has 0 saturated heterocycles. The molecule has 1 saturated carbocycles. The van der Waals surface area contributed by atoms with Crippen LogP contribution < -0.4 is 5.32 Å². The lowest BCUT2D eigenvalue weighted by Gasteiger charge is -2.23. The van der Waals surface area contributed by atoms with Gasteiger partial charge in [-0.05, 0) is 46.1 Å². The zero-order chi connectivity index (χ0) is 12.7. The van der Waals surface area contributed by atoms with E-state index >= 15 is 0 Å². The molecular weight excluding hydrogens is 210 g/mol. The lowest BCUT2D eigenvalue weighted by atomic mass is 10.2. The summed E-state index contributed by atoms with van der Waals surface area (Å²) in [6.07, 6.45) is 6.21. The molecule has 17 heavy (non-hydrogen) atoms. The fourth-order valence-corrected chi connectivity index (χ4v) is 2.16. The van der Waals surface area contributed by atoms with Gasteiger partial charge in [0.1, 0.15) is 0 Å². The van der Waals surface area contributed by atoms with E-state index in [1.54, 1.807) is 0 Å². The quantitative estimate of drug-likeness (QED) is 0.670. The van der Waals surface area contributed by atoms with Crippen molar-refractivity contribution < 1.29 is 0 Å². The highest BCUT2D eigenvalue weighted by Crippen LogP contribution is 2.27. The van der Waals surface area contributed by atoms with Crippen LogP contribution in [-0.4, -0.2) is 36.1 Å². The molecule has 0 aromatic carbocycles. The van der Waals surface area contributed by atoms with Crippen molar-refractivity contribution in [2.75, 3.05) is 13.1 Å². The van der Waals surface area contributed by atoms with Crippen LogP contribution in [0.3, 0.4) is 0 Å². The fraction of sp³-hybridized carbons (Fsp3) is 0.929. The molecule has 0 spiro atoms. The van der Waals surface area contributed by atoms with Gasteiger partial charge in [0.25, 0.3) is 0 Å². The van der Waals surface area contributed by atoms with Crippen LogP contribution in [0.15, 0.2) is 0 Å². The van der Waals surface area contributed by atoms with Gasteiger partial charge >= 0.3 is 0 Å². The zero-order valence-electron chi connectivity index (χ0n) is 11.6. The van der Waals surface area contributed by atoms with E-state index in [1.165, 1.54) is 32.2 Å². The van der Waals surface area contributed by atoms with Gasteiger partial charge in [-0.3, -0.25) is 5.32 Å². The number of nitrogens with zero attached hydrogens (tertiary/aromatic N) is 2. The highest BCUT2D eigenvalue weighted by Gasteiger charge is 2.28. The van der Waals surface area contributed by atoms with E-state index in [-0.39, 0.29) is 6.04 Å². The molecule has 1 atom stereocenters. The molecule has 0 radical (unpaired) electrons. The van der Waals surface area contributed by atoms with Crippen molar-refractivity contribution in [3.8, 4) is 6.07 Å². The van der Waals surface area contributed by atoms with Crippen molar-refractivity contribution in [1.29, 1.82) is 5.26 Å². The summed E-state index contributed by atoms with van der Waals surface area (Å²) in [6, 6.07) is 3.59. The number of nitriles is 1. The van der Waals surface area contributed by atoms with Gasteiger partial charge in [-0.1, -0.05) is 13.3 Å². The summed E-state index contributed by atoms with van der Waals surface area (Å²) in [5.74, 6) is 0. The molecule has 0 aromatic rings. The Morgan fingerprint density at radius 1 is 1.35 bits per heavy atom. The maximum absolute atomic E-state index is 9.09. The Morgan fingerprint density at radius 2 is 2.06 bits per heavy atom. The van der Waals surface area contributed by atoms with Crippen molar-refractivity contribution in [3.05, 3.63) is 0 Å². The summed E-state index contributed by atoms with van der Waals surface area (Å²) in [6.45, 7) is 8.72. The second kappa shape index (κ2) is 7.68. The monoisotopic (exact) mass is 237 g/mol. The van der Waals surface area contributed by atoms with Crippen LogP contribution in [0.4, 0.5) is 0 Å². The molecule has 0 heterocycles. The average Bonchev–Trinajstić information content (AvgIpc) is 3.11. The molecule has 0 aliphatic heterocycles. The van der Waals surface area contributed by atoms with Crippen LogP contribution in [-0.2, 0) is 0 Å². The first-order chi connectivity index (χ1) is 8.17. The molecule has 1 rings (SSSR count). The summed E-state index contributed by atoms with van der Waals surface area (Å²) < 4.78 is 0. The number of hydrogen-bond acceptors (Lipinski definition) is 3. The van der Waals surface area contributed by atoms with Crippen molar-refractivity contribution >= 4 is 0 Å². The maximum Gasteiger partial charge on any atom is 0.0967 e. The van der Waals surface area contributed by atoms with E-state index in [0.29, 0.717) is 6.04 Å². The summed E-state index contributed by atoms with van der Waals surface area (Å²) in [4.78, 5) is 2.58. The molecule has 1 fully saturated rings. The Hall–Kier alpha value is -0.590. The second-order valence-electron chi connectivity index (χ2n) is 5.41. The molecule has 0 amide bonds. The summed E-state index contributed by atoms with van der Waals surface area (Å²) in [5.41, 5.74) is 0. The van der Waals surface area contributed by atoms with E-state index < -0.39 is 0 Å². The van der Waals surface area contributed by atoms with E-state index in [2.05, 4.69) is 37.1 Å². The van der Waals surface area contributed by atoms with Gasteiger partial charge in [0.05, 0.1) is 12.1 Å². The third-order valence-electron chi connectivity index (χ3n) is 3.26. The van der Waals surface area contributed by atoms with Gasteiger partial charge in [0, 0.05) is 18.6 Å². The Kier molecular flexibility index (Phi) is 6.54. The lowest BCUT2D eigenvalue weighted by molar-refractivity contribution is 0.248. The molecule has 0 bridgehead atoms. The minimum Gasteiger partial charge on any atom is -0.300 e. The summed E-state index contributed by atoms with van der Waals surface area (Å²) >= 11 is 0. The van der Waals surface area contributed by atoms with Crippen LogP contribution in [0.1, 0.15) is 52.9 Å². The Bertz CT molecular complexity index is 240. The van der Waals surface area contributed by atoms with Crippen LogP contribution >= 0.6 is 0 Å². The SMILES string of the molecule is CCCCN(CCC(C#N)NC(C)C)C1CC1.